The molecule has 0 spiro atoms. The maximum Gasteiger partial charge on any atom is 0.242 e. The Labute approximate surface area is 129 Å². The molecule has 1 aliphatic heterocycles. The summed E-state index contributed by atoms with van der Waals surface area (Å²) >= 11 is 0. The van der Waals surface area contributed by atoms with E-state index in [1.54, 1.807) is 6.20 Å². The van der Waals surface area contributed by atoms with Crippen LogP contribution < -0.4 is 15.4 Å². The summed E-state index contributed by atoms with van der Waals surface area (Å²) < 4.78 is 5.84. The first-order chi connectivity index (χ1) is 10.7. The molecule has 0 aromatic carbocycles. The molecule has 1 aromatic heterocycles. The van der Waals surface area contributed by atoms with Crippen LogP contribution in [-0.4, -0.2) is 35.0 Å². The van der Waals surface area contributed by atoms with Gasteiger partial charge in [0.25, 0.3) is 0 Å². The third-order valence-electron chi connectivity index (χ3n) is 4.26. The molecule has 1 atom stereocenters. The summed E-state index contributed by atoms with van der Waals surface area (Å²) in [4.78, 5) is 27.4. The molecule has 2 aliphatic rings. The Kier molecular flexibility index (Phi) is 4.56. The predicted octanol–water partition coefficient (Wildman–Crippen LogP) is 1.17. The van der Waals surface area contributed by atoms with Gasteiger partial charge in [0.15, 0.2) is 0 Å². The van der Waals surface area contributed by atoms with E-state index in [0.717, 1.165) is 25.7 Å². The molecule has 22 heavy (non-hydrogen) atoms. The normalized spacial score (nSPS) is 28.0. The van der Waals surface area contributed by atoms with Crippen molar-refractivity contribution in [3.8, 4) is 5.88 Å². The van der Waals surface area contributed by atoms with Crippen LogP contribution in [0.25, 0.3) is 0 Å². The Bertz CT molecular complexity index is 527. The number of aromatic nitrogens is 1. The highest BCUT2D eigenvalue weighted by atomic mass is 16.5. The number of rotatable bonds is 4. The molecule has 1 saturated carbocycles. The fraction of sp³-hybridized carbons (Fsp3) is 0.562. The molecular formula is C16H21N3O3. The first kappa shape index (κ1) is 14.8. The Morgan fingerprint density at radius 3 is 2.68 bits per heavy atom. The molecule has 2 heterocycles. The summed E-state index contributed by atoms with van der Waals surface area (Å²) in [5, 5.41) is 5.74. The van der Waals surface area contributed by atoms with Gasteiger partial charge in [0, 0.05) is 24.7 Å². The summed E-state index contributed by atoms with van der Waals surface area (Å²) in [5.41, 5.74) is 0. The van der Waals surface area contributed by atoms with Crippen LogP contribution in [0.3, 0.4) is 0 Å². The molecule has 6 nitrogen and oxygen atoms in total. The third kappa shape index (κ3) is 3.75. The highest BCUT2D eigenvalue weighted by molar-refractivity contribution is 5.90. The van der Waals surface area contributed by atoms with Gasteiger partial charge >= 0.3 is 0 Å². The third-order valence-corrected chi connectivity index (χ3v) is 4.26. The quantitative estimate of drug-likeness (QED) is 0.875. The molecule has 2 N–H and O–H groups in total. The summed E-state index contributed by atoms with van der Waals surface area (Å²) in [7, 11) is 0. The van der Waals surface area contributed by atoms with Gasteiger partial charge in [0.05, 0.1) is 0 Å². The van der Waals surface area contributed by atoms with E-state index in [-0.39, 0.29) is 30.0 Å². The van der Waals surface area contributed by atoms with Crippen molar-refractivity contribution >= 4 is 11.8 Å². The van der Waals surface area contributed by atoms with Crippen LogP contribution in [0.5, 0.6) is 5.88 Å². The van der Waals surface area contributed by atoms with Crippen molar-refractivity contribution in [1.29, 1.82) is 0 Å². The van der Waals surface area contributed by atoms with E-state index in [0.29, 0.717) is 18.7 Å². The molecular weight excluding hydrogens is 282 g/mol. The lowest BCUT2D eigenvalue weighted by Gasteiger charge is -2.29. The first-order valence-corrected chi connectivity index (χ1v) is 7.88. The lowest BCUT2D eigenvalue weighted by molar-refractivity contribution is -0.126. The van der Waals surface area contributed by atoms with Gasteiger partial charge in [-0.15, -0.1) is 0 Å². The summed E-state index contributed by atoms with van der Waals surface area (Å²) in [6.07, 6.45) is 6.52. The molecule has 2 fully saturated rings. The zero-order valence-corrected chi connectivity index (χ0v) is 12.5. The van der Waals surface area contributed by atoms with E-state index in [1.165, 1.54) is 0 Å². The topological polar surface area (TPSA) is 80.3 Å². The summed E-state index contributed by atoms with van der Waals surface area (Å²) in [6.45, 7) is 0. The number of hydrogen-bond donors (Lipinski definition) is 2. The minimum absolute atomic E-state index is 0.0346. The van der Waals surface area contributed by atoms with E-state index >= 15 is 0 Å². The molecule has 118 valence electrons. The Morgan fingerprint density at radius 2 is 2.05 bits per heavy atom. The largest absolute Gasteiger partial charge is 0.474 e. The van der Waals surface area contributed by atoms with Crippen molar-refractivity contribution in [3.63, 3.8) is 0 Å². The zero-order valence-electron chi connectivity index (χ0n) is 12.5. The minimum atomic E-state index is -0.352. The molecule has 1 aliphatic carbocycles. The van der Waals surface area contributed by atoms with Crippen LogP contribution in [0.1, 0.15) is 38.5 Å². The molecule has 0 bridgehead atoms. The number of amides is 2. The monoisotopic (exact) mass is 303 g/mol. The van der Waals surface area contributed by atoms with Crippen LogP contribution in [-0.2, 0) is 9.59 Å². The van der Waals surface area contributed by atoms with Gasteiger partial charge in [0.2, 0.25) is 17.7 Å². The second kappa shape index (κ2) is 6.77. The van der Waals surface area contributed by atoms with Gasteiger partial charge in [0.1, 0.15) is 12.1 Å². The van der Waals surface area contributed by atoms with Crippen molar-refractivity contribution in [3.05, 3.63) is 24.4 Å². The van der Waals surface area contributed by atoms with Crippen molar-refractivity contribution in [1.82, 2.24) is 15.6 Å². The Hall–Kier alpha value is -2.11. The first-order valence-electron chi connectivity index (χ1n) is 7.88. The van der Waals surface area contributed by atoms with Crippen molar-refractivity contribution in [2.75, 3.05) is 0 Å². The number of pyridine rings is 1. The summed E-state index contributed by atoms with van der Waals surface area (Å²) in [5.74, 6) is 0.566. The van der Waals surface area contributed by atoms with E-state index in [4.69, 9.17) is 4.74 Å². The number of carbonyl (C=O) groups is 2. The average molecular weight is 303 g/mol. The van der Waals surface area contributed by atoms with Crippen molar-refractivity contribution in [2.45, 2.75) is 56.7 Å². The number of nitrogens with one attached hydrogen (secondary N) is 2. The Morgan fingerprint density at radius 1 is 1.23 bits per heavy atom. The number of carbonyl (C=O) groups excluding carboxylic acids is 2. The van der Waals surface area contributed by atoms with Gasteiger partial charge in [-0.2, -0.15) is 0 Å². The van der Waals surface area contributed by atoms with E-state index < -0.39 is 0 Å². The fourth-order valence-electron chi connectivity index (χ4n) is 3.03. The minimum Gasteiger partial charge on any atom is -0.474 e. The number of ether oxygens (including phenoxy) is 1. The predicted molar refractivity (Wildman–Crippen MR) is 80.2 cm³/mol. The molecule has 3 rings (SSSR count). The second-order valence-corrected chi connectivity index (χ2v) is 5.93. The van der Waals surface area contributed by atoms with Gasteiger partial charge in [-0.05, 0) is 38.2 Å². The highest BCUT2D eigenvalue weighted by Gasteiger charge is 2.30. The average Bonchev–Trinajstić information content (AvgIpc) is 2.97. The van der Waals surface area contributed by atoms with E-state index in [1.807, 2.05) is 18.2 Å². The fourth-order valence-corrected chi connectivity index (χ4v) is 3.03. The molecule has 1 saturated heterocycles. The lowest BCUT2D eigenvalue weighted by Crippen LogP contribution is -2.47. The molecule has 2 amide bonds. The number of nitrogens with zero attached hydrogens (tertiary/aromatic N) is 1. The van der Waals surface area contributed by atoms with Gasteiger partial charge in [-0.1, -0.05) is 6.07 Å². The SMILES string of the molecule is O=C1CC[C@@H](C(=O)NC2CCC(Oc3ccccn3)CC2)N1. The van der Waals surface area contributed by atoms with Crippen LogP contribution >= 0.6 is 0 Å². The van der Waals surface area contributed by atoms with Crippen LogP contribution in [0.4, 0.5) is 0 Å². The highest BCUT2D eigenvalue weighted by Crippen LogP contribution is 2.23. The van der Waals surface area contributed by atoms with Gasteiger partial charge in [-0.25, -0.2) is 4.98 Å². The van der Waals surface area contributed by atoms with Crippen LogP contribution in [0.15, 0.2) is 24.4 Å². The molecule has 0 unspecified atom stereocenters. The number of hydrogen-bond acceptors (Lipinski definition) is 4. The standard InChI is InChI=1S/C16H21N3O3/c20-14-9-8-13(19-14)16(21)18-11-4-6-12(7-5-11)22-15-3-1-2-10-17-15/h1-3,10-13H,4-9H2,(H,18,21)(H,19,20)/t11?,12?,13-/m0/s1. The van der Waals surface area contributed by atoms with Gasteiger partial charge < -0.3 is 15.4 Å². The second-order valence-electron chi connectivity index (χ2n) is 5.93. The lowest BCUT2D eigenvalue weighted by atomic mass is 9.92. The van der Waals surface area contributed by atoms with Crippen molar-refractivity contribution < 1.29 is 14.3 Å². The van der Waals surface area contributed by atoms with E-state index in [2.05, 4.69) is 15.6 Å². The van der Waals surface area contributed by atoms with Crippen LogP contribution in [0.2, 0.25) is 0 Å². The Balaban J connectivity index is 1.42. The van der Waals surface area contributed by atoms with E-state index in [9.17, 15) is 9.59 Å². The maximum absolute atomic E-state index is 12.1. The van der Waals surface area contributed by atoms with Crippen molar-refractivity contribution in [2.24, 2.45) is 0 Å². The summed E-state index contributed by atoms with van der Waals surface area (Å²) in [6, 6.07) is 5.45. The molecule has 6 heteroatoms. The van der Waals surface area contributed by atoms with Crippen LogP contribution in [0, 0.1) is 0 Å². The molecule has 1 aromatic rings. The maximum atomic E-state index is 12.1. The zero-order chi connectivity index (χ0) is 15.4. The molecule has 0 radical (unpaired) electrons. The van der Waals surface area contributed by atoms with Gasteiger partial charge in [-0.3, -0.25) is 9.59 Å². The smallest absolute Gasteiger partial charge is 0.242 e.